The van der Waals surface area contributed by atoms with Crippen LogP contribution >= 0.6 is 11.6 Å². The van der Waals surface area contributed by atoms with Crippen molar-refractivity contribution in [3.63, 3.8) is 0 Å². The van der Waals surface area contributed by atoms with Crippen molar-refractivity contribution in [3.8, 4) is 0 Å². The maximum absolute atomic E-state index is 14.1. The van der Waals surface area contributed by atoms with Gasteiger partial charge in [-0.25, -0.2) is 14.2 Å². The van der Waals surface area contributed by atoms with Crippen LogP contribution in [-0.4, -0.2) is 16.1 Å². The first-order valence-electron chi connectivity index (χ1n) is 6.94. The number of carboxylic acids is 1. The third-order valence-electron chi connectivity index (χ3n) is 4.16. The van der Waals surface area contributed by atoms with Gasteiger partial charge in [-0.1, -0.05) is 25.4 Å². The van der Waals surface area contributed by atoms with Crippen molar-refractivity contribution >= 4 is 28.5 Å². The van der Waals surface area contributed by atoms with Gasteiger partial charge in [0, 0.05) is 11.1 Å². The number of fused-ring (bicyclic) bond motifs is 2. The Morgan fingerprint density at radius 3 is 2.81 bits per heavy atom. The molecule has 1 N–H and O–H groups in total. The number of carbonyl (C=O) groups is 1. The molecule has 0 spiro atoms. The SMILES string of the molecule is CC1Cc2c(nc3c(F)ccc(Cl)c3c2C(=O)O)C(C)C1. The summed E-state index contributed by atoms with van der Waals surface area (Å²) in [7, 11) is 0. The highest BCUT2D eigenvalue weighted by Crippen LogP contribution is 2.39. The van der Waals surface area contributed by atoms with Gasteiger partial charge in [0.2, 0.25) is 0 Å². The normalized spacial score (nSPS) is 21.3. The van der Waals surface area contributed by atoms with Crippen LogP contribution in [0.1, 0.15) is 47.8 Å². The smallest absolute Gasteiger partial charge is 0.336 e. The van der Waals surface area contributed by atoms with E-state index in [1.54, 1.807) is 0 Å². The molecule has 21 heavy (non-hydrogen) atoms. The van der Waals surface area contributed by atoms with Crippen LogP contribution in [0.15, 0.2) is 12.1 Å². The Morgan fingerprint density at radius 2 is 2.14 bits per heavy atom. The van der Waals surface area contributed by atoms with E-state index < -0.39 is 11.8 Å². The minimum atomic E-state index is -1.08. The topological polar surface area (TPSA) is 50.2 Å². The summed E-state index contributed by atoms with van der Waals surface area (Å²) in [6.07, 6.45) is 1.56. The van der Waals surface area contributed by atoms with Gasteiger partial charge in [-0.05, 0) is 42.4 Å². The van der Waals surface area contributed by atoms with Gasteiger partial charge < -0.3 is 5.11 Å². The lowest BCUT2D eigenvalue weighted by Crippen LogP contribution is -2.21. The Hall–Kier alpha value is -1.68. The zero-order valence-corrected chi connectivity index (χ0v) is 12.5. The van der Waals surface area contributed by atoms with Crippen LogP contribution in [0.4, 0.5) is 4.39 Å². The van der Waals surface area contributed by atoms with Crippen LogP contribution < -0.4 is 0 Å². The molecule has 0 amide bonds. The van der Waals surface area contributed by atoms with Gasteiger partial charge in [0.25, 0.3) is 0 Å². The van der Waals surface area contributed by atoms with E-state index >= 15 is 0 Å². The number of pyridine rings is 1. The molecule has 2 atom stereocenters. The number of rotatable bonds is 1. The Morgan fingerprint density at radius 1 is 1.43 bits per heavy atom. The monoisotopic (exact) mass is 307 g/mol. The fraction of sp³-hybridized carbons (Fsp3) is 0.375. The molecule has 1 aromatic heterocycles. The molecule has 5 heteroatoms. The predicted octanol–water partition coefficient (Wildman–Crippen LogP) is 4.41. The average molecular weight is 308 g/mol. The molecule has 3 nitrogen and oxygen atoms in total. The van der Waals surface area contributed by atoms with Crippen LogP contribution in [0.3, 0.4) is 0 Å². The second kappa shape index (κ2) is 4.95. The molecule has 110 valence electrons. The third-order valence-corrected chi connectivity index (χ3v) is 4.48. The van der Waals surface area contributed by atoms with Crippen molar-refractivity contribution in [2.75, 3.05) is 0 Å². The van der Waals surface area contributed by atoms with E-state index in [0.29, 0.717) is 23.6 Å². The lowest BCUT2D eigenvalue weighted by atomic mass is 9.79. The number of hydrogen-bond acceptors (Lipinski definition) is 2. The van der Waals surface area contributed by atoms with Crippen molar-refractivity contribution in [1.82, 2.24) is 4.98 Å². The molecule has 0 bridgehead atoms. The Balaban J connectivity index is 2.48. The maximum atomic E-state index is 14.1. The molecule has 1 aliphatic rings. The first kappa shape index (κ1) is 14.3. The highest BCUT2D eigenvalue weighted by molar-refractivity contribution is 6.36. The zero-order valence-electron chi connectivity index (χ0n) is 11.8. The first-order chi connectivity index (χ1) is 9.90. The van der Waals surface area contributed by atoms with E-state index in [1.165, 1.54) is 12.1 Å². The van der Waals surface area contributed by atoms with Crippen molar-refractivity contribution in [1.29, 1.82) is 0 Å². The van der Waals surface area contributed by atoms with Crippen LogP contribution in [0.5, 0.6) is 0 Å². The fourth-order valence-corrected chi connectivity index (χ4v) is 3.60. The summed E-state index contributed by atoms with van der Waals surface area (Å²) in [5.41, 5.74) is 1.56. The molecule has 1 aromatic carbocycles. The second-order valence-electron chi connectivity index (χ2n) is 5.85. The van der Waals surface area contributed by atoms with Gasteiger partial charge >= 0.3 is 5.97 Å². The summed E-state index contributed by atoms with van der Waals surface area (Å²) in [6.45, 7) is 4.09. The highest BCUT2D eigenvalue weighted by atomic mass is 35.5. The zero-order chi connectivity index (χ0) is 15.3. The number of aromatic nitrogens is 1. The lowest BCUT2D eigenvalue weighted by molar-refractivity contribution is 0.0697. The van der Waals surface area contributed by atoms with Crippen molar-refractivity contribution in [3.05, 3.63) is 39.8 Å². The number of benzene rings is 1. The number of hydrogen-bond donors (Lipinski definition) is 1. The molecule has 1 aliphatic carbocycles. The van der Waals surface area contributed by atoms with E-state index in [4.69, 9.17) is 11.6 Å². The number of halogens is 2. The van der Waals surface area contributed by atoms with E-state index in [-0.39, 0.29) is 27.4 Å². The minimum Gasteiger partial charge on any atom is -0.478 e. The Bertz CT molecular complexity index is 760. The number of aromatic carboxylic acids is 1. The quantitative estimate of drug-likeness (QED) is 0.849. The minimum absolute atomic E-state index is 0.0556. The average Bonchev–Trinajstić information content (AvgIpc) is 2.41. The van der Waals surface area contributed by atoms with E-state index in [0.717, 1.165) is 6.42 Å². The molecular formula is C16H15ClFNO2. The van der Waals surface area contributed by atoms with Gasteiger partial charge in [-0.3, -0.25) is 0 Å². The second-order valence-corrected chi connectivity index (χ2v) is 6.26. The van der Waals surface area contributed by atoms with Crippen molar-refractivity contribution < 1.29 is 14.3 Å². The molecule has 0 saturated carbocycles. The number of nitrogens with zero attached hydrogens (tertiary/aromatic N) is 1. The first-order valence-corrected chi connectivity index (χ1v) is 7.31. The van der Waals surface area contributed by atoms with Crippen LogP contribution in [-0.2, 0) is 6.42 Å². The number of carboxylic acid groups (broad SMARTS) is 1. The van der Waals surface area contributed by atoms with Gasteiger partial charge in [-0.2, -0.15) is 0 Å². The van der Waals surface area contributed by atoms with Crippen molar-refractivity contribution in [2.24, 2.45) is 5.92 Å². The molecule has 0 fully saturated rings. The third kappa shape index (κ3) is 2.18. The molecule has 0 radical (unpaired) electrons. The summed E-state index contributed by atoms with van der Waals surface area (Å²) in [5.74, 6) is -1.13. The fourth-order valence-electron chi connectivity index (χ4n) is 3.35. The van der Waals surface area contributed by atoms with E-state index in [2.05, 4.69) is 11.9 Å². The standard InChI is InChI=1S/C16H15ClFNO2/c1-7-5-8(2)14-9(6-7)12(16(20)21)13-10(17)3-4-11(18)15(13)19-14/h3-4,7-8H,5-6H2,1-2H3,(H,20,21). The van der Waals surface area contributed by atoms with Gasteiger partial charge in [0.15, 0.2) is 0 Å². The van der Waals surface area contributed by atoms with Gasteiger partial charge in [0.1, 0.15) is 11.3 Å². The van der Waals surface area contributed by atoms with Gasteiger partial charge in [0.05, 0.1) is 10.6 Å². The summed E-state index contributed by atoms with van der Waals surface area (Å²) in [5, 5.41) is 10.1. The van der Waals surface area contributed by atoms with Gasteiger partial charge in [-0.15, -0.1) is 0 Å². The summed E-state index contributed by atoms with van der Waals surface area (Å²) in [6, 6.07) is 2.61. The van der Waals surface area contributed by atoms with Crippen LogP contribution in [0, 0.1) is 11.7 Å². The largest absolute Gasteiger partial charge is 0.478 e. The maximum Gasteiger partial charge on any atom is 0.336 e. The molecule has 2 aromatic rings. The molecule has 3 rings (SSSR count). The van der Waals surface area contributed by atoms with E-state index in [1.807, 2.05) is 6.92 Å². The molecule has 0 aliphatic heterocycles. The molecule has 0 saturated heterocycles. The summed E-state index contributed by atoms with van der Waals surface area (Å²) >= 11 is 6.12. The highest BCUT2D eigenvalue weighted by Gasteiger charge is 2.30. The summed E-state index contributed by atoms with van der Waals surface area (Å²) in [4.78, 5) is 16.2. The molecule has 1 heterocycles. The molecular weight excluding hydrogens is 293 g/mol. The summed E-state index contributed by atoms with van der Waals surface area (Å²) < 4.78 is 14.1. The van der Waals surface area contributed by atoms with Crippen molar-refractivity contribution in [2.45, 2.75) is 32.6 Å². The predicted molar refractivity (Wildman–Crippen MR) is 79.6 cm³/mol. The van der Waals surface area contributed by atoms with Crippen LogP contribution in [0.2, 0.25) is 5.02 Å². The lowest BCUT2D eigenvalue weighted by Gasteiger charge is -2.28. The van der Waals surface area contributed by atoms with E-state index in [9.17, 15) is 14.3 Å². The molecule has 2 unspecified atom stereocenters. The Labute approximate surface area is 126 Å². The Kier molecular flexibility index (Phi) is 3.36. The van der Waals surface area contributed by atoms with Crippen LogP contribution in [0.25, 0.3) is 10.9 Å².